The summed E-state index contributed by atoms with van der Waals surface area (Å²) < 4.78 is 14.8. The number of ether oxygens (including phenoxy) is 1. The fraction of sp³-hybridized carbons (Fsp3) is 0.0938. The Morgan fingerprint density at radius 1 is 0.975 bits per heavy atom. The van der Waals surface area contributed by atoms with Crippen molar-refractivity contribution in [3.63, 3.8) is 0 Å². The Morgan fingerprint density at radius 2 is 1.68 bits per heavy atom. The van der Waals surface area contributed by atoms with Crippen LogP contribution in [0.3, 0.4) is 0 Å². The molecule has 6 rings (SSSR count). The van der Waals surface area contributed by atoms with Gasteiger partial charge in [-0.25, -0.2) is 9.79 Å². The number of fused-ring (bicyclic) bond motifs is 1. The van der Waals surface area contributed by atoms with Crippen LogP contribution in [0.15, 0.2) is 117 Å². The number of carbonyl (C=O) groups is 1. The fourth-order valence-corrected chi connectivity index (χ4v) is 6.06. The molecule has 5 aromatic rings. The molecular weight excluding hydrogens is 635 g/mol. The molecular formula is C32H23IN2O4S. The molecule has 0 bridgehead atoms. The first-order valence-corrected chi connectivity index (χ1v) is 14.6. The maximum absolute atomic E-state index is 14.0. The van der Waals surface area contributed by atoms with Gasteiger partial charge in [0.1, 0.15) is 11.5 Å². The molecule has 0 amide bonds. The Bertz CT molecular complexity index is 1900. The minimum absolute atomic E-state index is 0.206. The predicted octanol–water partition coefficient (Wildman–Crippen LogP) is 5.80. The van der Waals surface area contributed by atoms with Crippen LogP contribution in [0, 0.1) is 3.57 Å². The lowest BCUT2D eigenvalue weighted by Gasteiger charge is -2.25. The number of halogens is 1. The van der Waals surface area contributed by atoms with E-state index < -0.39 is 12.0 Å². The van der Waals surface area contributed by atoms with Crippen LogP contribution in [-0.4, -0.2) is 17.1 Å². The lowest BCUT2D eigenvalue weighted by Crippen LogP contribution is -2.39. The zero-order valence-electron chi connectivity index (χ0n) is 21.4. The van der Waals surface area contributed by atoms with Gasteiger partial charge in [-0.05, 0) is 59.3 Å². The highest BCUT2D eigenvalue weighted by molar-refractivity contribution is 14.1. The average Bonchev–Trinajstić information content (AvgIpc) is 3.58. The van der Waals surface area contributed by atoms with E-state index >= 15 is 0 Å². The summed E-state index contributed by atoms with van der Waals surface area (Å²) in [4.78, 5) is 32.8. The van der Waals surface area contributed by atoms with E-state index in [0.29, 0.717) is 32.1 Å². The fourth-order valence-electron chi connectivity index (χ4n) is 4.72. The number of hydrogen-bond donors (Lipinski definition) is 0. The van der Waals surface area contributed by atoms with Crippen molar-refractivity contribution in [1.82, 2.24) is 4.57 Å². The summed E-state index contributed by atoms with van der Waals surface area (Å²) in [6.45, 7) is 1.97. The van der Waals surface area contributed by atoms with Gasteiger partial charge < -0.3 is 9.15 Å². The van der Waals surface area contributed by atoms with Crippen LogP contribution < -0.4 is 14.9 Å². The molecule has 0 unspecified atom stereocenters. The Hall–Kier alpha value is -4.02. The summed E-state index contributed by atoms with van der Waals surface area (Å²) in [5.74, 6) is 0.776. The van der Waals surface area contributed by atoms with Gasteiger partial charge in [0.2, 0.25) is 0 Å². The molecule has 198 valence electrons. The first-order chi connectivity index (χ1) is 19.5. The lowest BCUT2D eigenvalue weighted by atomic mass is 9.93. The first-order valence-electron chi connectivity index (χ1n) is 12.7. The zero-order valence-corrected chi connectivity index (χ0v) is 24.4. The van der Waals surface area contributed by atoms with Crippen molar-refractivity contribution < 1.29 is 13.9 Å². The summed E-state index contributed by atoms with van der Waals surface area (Å²) in [5.41, 5.74) is 3.10. The topological polar surface area (TPSA) is 73.8 Å². The van der Waals surface area contributed by atoms with Crippen molar-refractivity contribution in [1.29, 1.82) is 0 Å². The third kappa shape index (κ3) is 5.00. The van der Waals surface area contributed by atoms with Crippen molar-refractivity contribution in [2.45, 2.75) is 13.0 Å². The molecule has 0 saturated heterocycles. The summed E-state index contributed by atoms with van der Waals surface area (Å²) >= 11 is 3.53. The van der Waals surface area contributed by atoms with Gasteiger partial charge in [-0.2, -0.15) is 0 Å². The number of esters is 1. The molecule has 1 aliphatic rings. The van der Waals surface area contributed by atoms with E-state index in [1.807, 2.05) is 97.1 Å². The number of aromatic nitrogens is 1. The molecule has 3 heterocycles. The van der Waals surface area contributed by atoms with Gasteiger partial charge in [-0.15, -0.1) is 0 Å². The van der Waals surface area contributed by atoms with E-state index in [9.17, 15) is 9.59 Å². The Kier molecular flexibility index (Phi) is 7.36. The highest BCUT2D eigenvalue weighted by Gasteiger charge is 2.35. The van der Waals surface area contributed by atoms with Gasteiger partial charge in [-0.1, -0.05) is 84.1 Å². The second-order valence-corrected chi connectivity index (χ2v) is 11.3. The van der Waals surface area contributed by atoms with E-state index in [1.54, 1.807) is 17.6 Å². The molecule has 8 heteroatoms. The highest BCUT2D eigenvalue weighted by Crippen LogP contribution is 2.35. The Labute approximate surface area is 247 Å². The van der Waals surface area contributed by atoms with Crippen molar-refractivity contribution >= 4 is 51.7 Å². The van der Waals surface area contributed by atoms with Gasteiger partial charge in [0.05, 0.1) is 28.5 Å². The second-order valence-electron chi connectivity index (χ2n) is 9.05. The quantitative estimate of drug-likeness (QED) is 0.171. The average molecular weight is 659 g/mol. The van der Waals surface area contributed by atoms with Crippen molar-refractivity contribution in [3.05, 3.63) is 143 Å². The van der Waals surface area contributed by atoms with Gasteiger partial charge in [-0.3, -0.25) is 9.36 Å². The van der Waals surface area contributed by atoms with E-state index in [0.717, 1.165) is 20.3 Å². The smallest absolute Gasteiger partial charge is 0.338 e. The minimum Gasteiger partial charge on any atom is -0.463 e. The normalized spacial score (nSPS) is 15.1. The third-order valence-electron chi connectivity index (χ3n) is 6.52. The van der Waals surface area contributed by atoms with E-state index in [1.165, 1.54) is 11.3 Å². The molecule has 6 nitrogen and oxygen atoms in total. The van der Waals surface area contributed by atoms with Gasteiger partial charge >= 0.3 is 5.97 Å². The number of benzene rings is 3. The van der Waals surface area contributed by atoms with Gasteiger partial charge in [0.15, 0.2) is 4.80 Å². The van der Waals surface area contributed by atoms with Crippen molar-refractivity contribution in [3.8, 4) is 11.3 Å². The van der Waals surface area contributed by atoms with E-state index in [2.05, 4.69) is 22.6 Å². The number of hydrogen-bond acceptors (Lipinski definition) is 6. The van der Waals surface area contributed by atoms with Crippen molar-refractivity contribution in [2.24, 2.45) is 4.99 Å². The molecule has 40 heavy (non-hydrogen) atoms. The Balaban J connectivity index is 1.55. The summed E-state index contributed by atoms with van der Waals surface area (Å²) in [5, 5.41) is 0. The number of rotatable bonds is 6. The van der Waals surface area contributed by atoms with E-state index in [-0.39, 0.29) is 12.2 Å². The lowest BCUT2D eigenvalue weighted by molar-refractivity contribution is -0.138. The SMILES string of the molecule is CCOC(=O)C1=C(c2ccccc2)N=c2s/c(=C\c3ccc(-c4ccc(I)cc4)o3)c(=O)n2[C@@H]1c1ccccc1. The molecule has 3 aromatic carbocycles. The molecule has 1 aliphatic heterocycles. The molecule has 0 spiro atoms. The summed E-state index contributed by atoms with van der Waals surface area (Å²) in [6, 6.07) is 30.1. The van der Waals surface area contributed by atoms with Crippen LogP contribution >= 0.6 is 33.9 Å². The monoisotopic (exact) mass is 658 g/mol. The molecule has 0 fully saturated rings. The number of nitrogens with zero attached hydrogens (tertiary/aromatic N) is 2. The van der Waals surface area contributed by atoms with Crippen LogP contribution in [0.5, 0.6) is 0 Å². The summed E-state index contributed by atoms with van der Waals surface area (Å²) in [7, 11) is 0. The second kappa shape index (κ2) is 11.2. The molecule has 2 aromatic heterocycles. The Morgan fingerprint density at radius 3 is 2.38 bits per heavy atom. The van der Waals surface area contributed by atoms with Gasteiger partial charge in [0.25, 0.3) is 5.56 Å². The number of furan rings is 1. The number of thiazole rings is 1. The predicted molar refractivity (Wildman–Crippen MR) is 164 cm³/mol. The molecule has 1 atom stereocenters. The standard InChI is InChI=1S/C32H23IN2O4S/c1-2-38-31(37)27-28(21-9-5-3-6-10-21)34-32-35(29(27)22-11-7-4-8-12-22)30(36)26(40-32)19-24-17-18-25(39-24)20-13-15-23(33)16-14-20/h3-19,29H,2H2,1H3/b26-19-/t29-/m1/s1. The largest absolute Gasteiger partial charge is 0.463 e. The zero-order chi connectivity index (χ0) is 27.6. The minimum atomic E-state index is -0.701. The third-order valence-corrected chi connectivity index (χ3v) is 8.22. The van der Waals surface area contributed by atoms with Crippen LogP contribution in [0.25, 0.3) is 23.1 Å². The van der Waals surface area contributed by atoms with Crippen molar-refractivity contribution in [2.75, 3.05) is 6.61 Å². The molecule has 0 saturated carbocycles. The van der Waals surface area contributed by atoms with Crippen LogP contribution in [0.2, 0.25) is 0 Å². The van der Waals surface area contributed by atoms with Crippen LogP contribution in [0.4, 0.5) is 0 Å². The maximum atomic E-state index is 14.0. The van der Waals surface area contributed by atoms with Gasteiger partial charge in [0, 0.05) is 20.8 Å². The first kappa shape index (κ1) is 26.2. The summed E-state index contributed by atoms with van der Waals surface area (Å²) in [6.07, 6.45) is 1.73. The van der Waals surface area contributed by atoms with Crippen LogP contribution in [0.1, 0.15) is 29.9 Å². The molecule has 0 aliphatic carbocycles. The maximum Gasteiger partial charge on any atom is 0.338 e. The van der Waals surface area contributed by atoms with Crippen LogP contribution in [-0.2, 0) is 9.53 Å². The number of carbonyl (C=O) groups excluding carboxylic acids is 1. The molecule has 0 N–H and O–H groups in total. The van der Waals surface area contributed by atoms with E-state index in [4.69, 9.17) is 14.1 Å². The highest BCUT2D eigenvalue weighted by atomic mass is 127. The molecule has 0 radical (unpaired) electrons.